The van der Waals surface area contributed by atoms with E-state index in [9.17, 15) is 8.42 Å². The lowest BCUT2D eigenvalue weighted by Gasteiger charge is -2.14. The van der Waals surface area contributed by atoms with Crippen LogP contribution in [0.3, 0.4) is 0 Å². The number of halogens is 1. The third-order valence-corrected chi connectivity index (χ3v) is 6.06. The Bertz CT molecular complexity index is 572. The number of likely N-dealkylation sites (tertiary alicyclic amines) is 1. The van der Waals surface area contributed by atoms with Crippen LogP contribution in [0.5, 0.6) is 0 Å². The summed E-state index contributed by atoms with van der Waals surface area (Å²) in [6, 6.07) is 4.83. The van der Waals surface area contributed by atoms with Gasteiger partial charge >= 0.3 is 0 Å². The number of nitrogens with zero attached hydrogens (tertiary/aromatic N) is 1. The summed E-state index contributed by atoms with van der Waals surface area (Å²) in [4.78, 5) is 2.53. The van der Waals surface area contributed by atoms with E-state index < -0.39 is 10.0 Å². The molecule has 1 saturated heterocycles. The van der Waals surface area contributed by atoms with Gasteiger partial charge in [0.05, 0.1) is 11.5 Å². The number of aliphatic hydroxyl groups is 1. The van der Waals surface area contributed by atoms with Crippen LogP contribution in [0.4, 0.5) is 0 Å². The van der Waals surface area contributed by atoms with Crippen LogP contribution in [0.1, 0.15) is 24.8 Å². The van der Waals surface area contributed by atoms with Crippen molar-refractivity contribution in [2.24, 2.45) is 0 Å². The monoisotopic (exact) mass is 376 g/mol. The molecule has 0 aromatic heterocycles. The Balaban J connectivity index is 1.91. The number of aliphatic hydroxyl groups excluding tert-OH is 1. The Labute approximate surface area is 134 Å². The van der Waals surface area contributed by atoms with Crippen LogP contribution in [0, 0.1) is 0 Å². The highest BCUT2D eigenvalue weighted by atomic mass is 79.9. The lowest BCUT2D eigenvalue weighted by atomic mass is 10.2. The Morgan fingerprint density at radius 2 is 2.00 bits per heavy atom. The Morgan fingerprint density at radius 1 is 1.29 bits per heavy atom. The van der Waals surface area contributed by atoms with Crippen molar-refractivity contribution < 1.29 is 13.5 Å². The fraction of sp³-hybridized carbons (Fsp3) is 0.571. The van der Waals surface area contributed by atoms with Gasteiger partial charge in [-0.2, -0.15) is 0 Å². The first-order valence-electron chi connectivity index (χ1n) is 7.14. The van der Waals surface area contributed by atoms with Gasteiger partial charge in [0.2, 0.25) is 10.0 Å². The summed E-state index contributed by atoms with van der Waals surface area (Å²) in [7, 11) is -3.55. The van der Waals surface area contributed by atoms with E-state index in [2.05, 4.69) is 25.6 Å². The van der Waals surface area contributed by atoms with Gasteiger partial charge in [-0.15, -0.1) is 0 Å². The van der Waals surface area contributed by atoms with E-state index in [1.54, 1.807) is 12.1 Å². The highest BCUT2D eigenvalue weighted by Gasteiger charge is 2.18. The molecule has 1 aliphatic heterocycles. The maximum absolute atomic E-state index is 12.3. The van der Waals surface area contributed by atoms with E-state index in [4.69, 9.17) is 5.11 Å². The van der Waals surface area contributed by atoms with Crippen molar-refractivity contribution >= 4 is 26.0 Å². The number of benzene rings is 1. The molecule has 21 heavy (non-hydrogen) atoms. The molecular weight excluding hydrogens is 356 g/mol. The van der Waals surface area contributed by atoms with Crippen LogP contribution < -0.4 is 4.72 Å². The van der Waals surface area contributed by atoms with E-state index >= 15 is 0 Å². The molecule has 0 radical (unpaired) electrons. The molecule has 1 fully saturated rings. The largest absolute Gasteiger partial charge is 0.392 e. The summed E-state index contributed by atoms with van der Waals surface area (Å²) in [6.45, 7) is 3.42. The molecule has 118 valence electrons. The average Bonchev–Trinajstić information content (AvgIpc) is 2.97. The number of nitrogens with one attached hydrogen (secondary N) is 1. The van der Waals surface area contributed by atoms with Crippen LogP contribution in [-0.2, 0) is 16.6 Å². The molecule has 0 aliphatic carbocycles. The van der Waals surface area contributed by atoms with Gasteiger partial charge in [0.1, 0.15) is 0 Å². The SMILES string of the molecule is O=S(=O)(NCCCN1CCCC1)c1cc(CO)ccc1Br. The van der Waals surface area contributed by atoms with Crippen LogP contribution >= 0.6 is 15.9 Å². The second-order valence-corrected chi connectivity index (χ2v) is 7.81. The zero-order valence-electron chi connectivity index (χ0n) is 11.9. The molecule has 1 aliphatic rings. The summed E-state index contributed by atoms with van der Waals surface area (Å²) < 4.78 is 27.7. The number of rotatable bonds is 7. The average molecular weight is 377 g/mol. The molecule has 1 heterocycles. The molecule has 1 aromatic rings. The first-order chi connectivity index (χ1) is 10.0. The van der Waals surface area contributed by atoms with E-state index in [1.165, 1.54) is 18.9 Å². The molecule has 1 aromatic carbocycles. The quantitative estimate of drug-likeness (QED) is 0.710. The molecular formula is C14H21BrN2O3S. The van der Waals surface area contributed by atoms with Crippen LogP contribution in [-0.4, -0.2) is 44.6 Å². The van der Waals surface area contributed by atoms with Crippen LogP contribution in [0.2, 0.25) is 0 Å². The summed E-state index contributed by atoms with van der Waals surface area (Å²) in [5.41, 5.74) is 0.579. The maximum atomic E-state index is 12.3. The van der Waals surface area contributed by atoms with Gasteiger partial charge in [0, 0.05) is 11.0 Å². The van der Waals surface area contributed by atoms with Gasteiger partial charge < -0.3 is 10.0 Å². The molecule has 2 rings (SSSR count). The van der Waals surface area contributed by atoms with Gasteiger partial charge in [-0.1, -0.05) is 6.07 Å². The molecule has 0 atom stereocenters. The normalized spacial score (nSPS) is 16.5. The van der Waals surface area contributed by atoms with Crippen molar-refractivity contribution in [3.8, 4) is 0 Å². The topological polar surface area (TPSA) is 69.6 Å². The van der Waals surface area contributed by atoms with Crippen molar-refractivity contribution in [1.29, 1.82) is 0 Å². The molecule has 7 heteroatoms. The third-order valence-electron chi connectivity index (χ3n) is 3.61. The lowest BCUT2D eigenvalue weighted by Crippen LogP contribution is -2.29. The number of hydrogen-bond acceptors (Lipinski definition) is 4. The summed E-state index contributed by atoms with van der Waals surface area (Å²) in [5, 5.41) is 9.12. The van der Waals surface area contributed by atoms with Crippen LogP contribution in [0.25, 0.3) is 0 Å². The van der Waals surface area contributed by atoms with E-state index in [1.807, 2.05) is 0 Å². The first kappa shape index (κ1) is 16.9. The summed E-state index contributed by atoms with van der Waals surface area (Å²) >= 11 is 3.25. The highest BCUT2D eigenvalue weighted by Crippen LogP contribution is 2.23. The van der Waals surface area contributed by atoms with Gasteiger partial charge in [0.15, 0.2) is 0 Å². The predicted molar refractivity (Wildman–Crippen MR) is 85.5 cm³/mol. The summed E-state index contributed by atoms with van der Waals surface area (Å²) in [6.07, 6.45) is 3.29. The van der Waals surface area contributed by atoms with Crippen molar-refractivity contribution in [3.63, 3.8) is 0 Å². The zero-order valence-corrected chi connectivity index (χ0v) is 14.3. The number of hydrogen-bond donors (Lipinski definition) is 2. The molecule has 0 saturated carbocycles. The second-order valence-electron chi connectivity index (χ2n) is 5.22. The minimum absolute atomic E-state index is 0.176. The molecule has 0 unspecified atom stereocenters. The molecule has 5 nitrogen and oxygen atoms in total. The Morgan fingerprint density at radius 3 is 2.67 bits per heavy atom. The summed E-state index contributed by atoms with van der Waals surface area (Å²) in [5.74, 6) is 0. The van der Waals surface area contributed by atoms with Gasteiger partial charge in [-0.25, -0.2) is 13.1 Å². The standard InChI is InChI=1S/C14H21BrN2O3S/c15-13-5-4-12(11-18)10-14(13)21(19,20)16-6-3-9-17-7-1-2-8-17/h4-5,10,16,18H,1-3,6-9,11H2. The van der Waals surface area contributed by atoms with Gasteiger partial charge in [0.25, 0.3) is 0 Å². The van der Waals surface area contributed by atoms with Crippen molar-refractivity contribution in [1.82, 2.24) is 9.62 Å². The van der Waals surface area contributed by atoms with Gasteiger partial charge in [-0.05, 0) is 72.5 Å². The zero-order chi connectivity index (χ0) is 15.3. The van der Waals surface area contributed by atoms with Crippen LogP contribution in [0.15, 0.2) is 27.6 Å². The number of sulfonamides is 1. The smallest absolute Gasteiger partial charge is 0.241 e. The maximum Gasteiger partial charge on any atom is 0.241 e. The van der Waals surface area contributed by atoms with Crippen molar-refractivity contribution in [3.05, 3.63) is 28.2 Å². The molecule has 0 spiro atoms. The Kier molecular flexibility index (Phi) is 6.19. The third kappa shape index (κ3) is 4.75. The first-order valence-corrected chi connectivity index (χ1v) is 9.42. The predicted octanol–water partition coefficient (Wildman–Crippen LogP) is 1.71. The molecule has 0 bridgehead atoms. The Hall–Kier alpha value is -0.470. The van der Waals surface area contributed by atoms with E-state index in [0.717, 1.165) is 26.1 Å². The lowest BCUT2D eigenvalue weighted by molar-refractivity contribution is 0.281. The fourth-order valence-corrected chi connectivity index (χ4v) is 4.53. The molecule has 2 N–H and O–H groups in total. The molecule has 0 amide bonds. The minimum Gasteiger partial charge on any atom is -0.392 e. The van der Waals surface area contributed by atoms with Crippen molar-refractivity contribution in [2.75, 3.05) is 26.2 Å². The second kappa shape index (κ2) is 7.69. The van der Waals surface area contributed by atoms with Crippen molar-refractivity contribution in [2.45, 2.75) is 30.8 Å². The minimum atomic E-state index is -3.55. The van der Waals surface area contributed by atoms with Gasteiger partial charge in [-0.3, -0.25) is 0 Å². The van der Waals surface area contributed by atoms with E-state index in [0.29, 0.717) is 16.6 Å². The fourth-order valence-electron chi connectivity index (χ4n) is 2.45. The van der Waals surface area contributed by atoms with E-state index in [-0.39, 0.29) is 11.5 Å². The highest BCUT2D eigenvalue weighted by molar-refractivity contribution is 9.10.